The normalized spacial score (nSPS) is 13.1. The van der Waals surface area contributed by atoms with Gasteiger partial charge in [0.2, 0.25) is 5.91 Å². The Morgan fingerprint density at radius 2 is 2.10 bits per heavy atom. The first kappa shape index (κ1) is 20.3. The molecule has 1 atom stereocenters. The molecule has 0 aliphatic carbocycles. The molecule has 0 aliphatic heterocycles. The number of benzene rings is 1. The summed E-state index contributed by atoms with van der Waals surface area (Å²) in [6.07, 6.45) is 1.84. The number of hydrogen-bond acceptors (Lipinski definition) is 6. The van der Waals surface area contributed by atoms with Crippen LogP contribution < -0.4 is 15.8 Å². The van der Waals surface area contributed by atoms with Crippen LogP contribution in [-0.2, 0) is 18.4 Å². The average molecular weight is 397 g/mol. The number of nitrogens with two attached hydrogens (primary N) is 1. The molecule has 2 amide bonds. The molecule has 0 aliphatic rings. The Bertz CT molecular complexity index is 1030. The highest BCUT2D eigenvalue weighted by Gasteiger charge is 2.37. The third-order valence-electron chi connectivity index (χ3n) is 4.83. The molecular formula is C20H23N5O4. The lowest BCUT2D eigenvalue weighted by Gasteiger charge is -2.28. The first-order valence-corrected chi connectivity index (χ1v) is 9.13. The second-order valence-corrected chi connectivity index (χ2v) is 6.67. The Morgan fingerprint density at radius 3 is 2.72 bits per heavy atom. The zero-order valence-corrected chi connectivity index (χ0v) is 16.3. The summed E-state index contributed by atoms with van der Waals surface area (Å²) in [6, 6.07) is 10.8. The fraction of sp³-hybridized carbons (Fsp3) is 0.300. The van der Waals surface area contributed by atoms with Crippen molar-refractivity contribution in [2.45, 2.75) is 25.5 Å². The number of ether oxygens (including phenoxy) is 1. The van der Waals surface area contributed by atoms with E-state index in [1.165, 1.54) is 4.68 Å². The van der Waals surface area contributed by atoms with E-state index in [0.717, 1.165) is 5.69 Å². The number of hydrogen-bond donors (Lipinski definition) is 3. The van der Waals surface area contributed by atoms with Gasteiger partial charge in [-0.3, -0.25) is 19.3 Å². The predicted octanol–water partition coefficient (Wildman–Crippen LogP) is 0.903. The second-order valence-electron chi connectivity index (χ2n) is 6.67. The van der Waals surface area contributed by atoms with Gasteiger partial charge in [0, 0.05) is 18.6 Å². The fourth-order valence-electron chi connectivity index (χ4n) is 3.01. The van der Waals surface area contributed by atoms with Crippen LogP contribution in [0.3, 0.4) is 0 Å². The summed E-state index contributed by atoms with van der Waals surface area (Å²) < 4.78 is 7.20. The summed E-state index contributed by atoms with van der Waals surface area (Å²) in [7, 11) is 1.63. The molecule has 1 aromatic carbocycles. The van der Waals surface area contributed by atoms with Gasteiger partial charge in [-0.05, 0) is 36.8 Å². The molecule has 4 N–H and O–H groups in total. The molecule has 0 saturated heterocycles. The van der Waals surface area contributed by atoms with Gasteiger partial charge in [0.1, 0.15) is 23.6 Å². The van der Waals surface area contributed by atoms with Crippen LogP contribution in [0.5, 0.6) is 5.75 Å². The van der Waals surface area contributed by atoms with Crippen LogP contribution in [-0.4, -0.2) is 43.8 Å². The molecule has 0 bridgehead atoms. The monoisotopic (exact) mass is 397 g/mol. The highest BCUT2D eigenvalue weighted by molar-refractivity contribution is 6.07. The third-order valence-corrected chi connectivity index (χ3v) is 4.83. The van der Waals surface area contributed by atoms with E-state index in [-0.39, 0.29) is 18.7 Å². The van der Waals surface area contributed by atoms with Crippen molar-refractivity contribution in [3.05, 3.63) is 54.0 Å². The summed E-state index contributed by atoms with van der Waals surface area (Å²) in [6.45, 7) is 1.34. The predicted molar refractivity (Wildman–Crippen MR) is 106 cm³/mol. The first-order valence-electron chi connectivity index (χ1n) is 9.13. The van der Waals surface area contributed by atoms with Crippen molar-refractivity contribution in [2.75, 3.05) is 6.61 Å². The standard InChI is InChI=1S/C20H23N5O4/c1-3-20(12-26,19(21)28)23-18(27)17-15-10-14(7-8-16(15)24-25(17)2)29-11-13-6-4-5-9-22-13/h4-10,26H,3,11-12H2,1-2H3,(H2,21,28)(H,23,27). The number of pyridine rings is 1. The molecule has 1 unspecified atom stereocenters. The zero-order valence-electron chi connectivity index (χ0n) is 16.3. The van der Waals surface area contributed by atoms with E-state index in [1.54, 1.807) is 38.4 Å². The van der Waals surface area contributed by atoms with Crippen LogP contribution in [0.2, 0.25) is 0 Å². The Kier molecular flexibility index (Phi) is 5.79. The van der Waals surface area contributed by atoms with Gasteiger partial charge < -0.3 is 20.9 Å². The van der Waals surface area contributed by atoms with Crippen LogP contribution in [0.25, 0.3) is 10.9 Å². The molecule has 2 heterocycles. The van der Waals surface area contributed by atoms with Crippen molar-refractivity contribution in [3.63, 3.8) is 0 Å². The molecule has 152 valence electrons. The van der Waals surface area contributed by atoms with Crippen molar-refractivity contribution in [3.8, 4) is 5.75 Å². The maximum absolute atomic E-state index is 12.9. The number of carbonyl (C=O) groups excluding carboxylic acids is 2. The summed E-state index contributed by atoms with van der Waals surface area (Å²) >= 11 is 0. The largest absolute Gasteiger partial charge is 0.487 e. The van der Waals surface area contributed by atoms with Crippen LogP contribution in [0.15, 0.2) is 42.6 Å². The van der Waals surface area contributed by atoms with Crippen LogP contribution in [0.4, 0.5) is 0 Å². The Hall–Kier alpha value is -3.46. The van der Waals surface area contributed by atoms with Crippen molar-refractivity contribution in [1.29, 1.82) is 0 Å². The summed E-state index contributed by atoms with van der Waals surface area (Å²) in [4.78, 5) is 28.9. The van der Waals surface area contributed by atoms with E-state index in [0.29, 0.717) is 16.7 Å². The molecule has 0 spiro atoms. The number of aryl methyl sites for hydroxylation is 1. The summed E-state index contributed by atoms with van der Waals surface area (Å²) in [5.74, 6) is -0.822. The van der Waals surface area contributed by atoms with Gasteiger partial charge >= 0.3 is 0 Å². The lowest BCUT2D eigenvalue weighted by molar-refractivity contribution is -0.125. The van der Waals surface area contributed by atoms with Crippen molar-refractivity contribution in [1.82, 2.24) is 20.1 Å². The van der Waals surface area contributed by atoms with Crippen molar-refractivity contribution >= 4 is 22.7 Å². The highest BCUT2D eigenvalue weighted by atomic mass is 16.5. The first-order chi connectivity index (χ1) is 13.9. The number of aliphatic hydroxyl groups excluding tert-OH is 1. The molecule has 2 aromatic heterocycles. The van der Waals surface area contributed by atoms with Crippen LogP contribution in [0.1, 0.15) is 29.5 Å². The SMILES string of the molecule is CCC(CO)(NC(=O)c1c2cc(OCc3ccccn3)ccc2nn1C)C(N)=O. The number of carbonyl (C=O) groups is 2. The molecule has 0 radical (unpaired) electrons. The number of amides is 2. The number of nitrogens with zero attached hydrogens (tertiary/aromatic N) is 3. The summed E-state index contributed by atoms with van der Waals surface area (Å²) in [5.41, 5.74) is 5.46. The minimum atomic E-state index is -1.54. The molecule has 3 rings (SSSR count). The lowest BCUT2D eigenvalue weighted by atomic mass is 9.96. The second kappa shape index (κ2) is 8.27. The van der Waals surface area contributed by atoms with Gasteiger partial charge in [-0.25, -0.2) is 0 Å². The zero-order chi connectivity index (χ0) is 21.0. The van der Waals surface area contributed by atoms with Gasteiger partial charge in [0.05, 0.1) is 17.8 Å². The molecular weight excluding hydrogens is 374 g/mol. The lowest BCUT2D eigenvalue weighted by Crippen LogP contribution is -2.59. The topological polar surface area (TPSA) is 132 Å². The number of primary amides is 1. The van der Waals surface area contributed by atoms with Gasteiger partial charge in [0.15, 0.2) is 0 Å². The number of nitrogens with one attached hydrogen (secondary N) is 1. The number of aromatic nitrogens is 3. The van der Waals surface area contributed by atoms with E-state index in [1.807, 2.05) is 18.2 Å². The number of fused-ring (bicyclic) bond motifs is 1. The number of rotatable bonds is 8. The van der Waals surface area contributed by atoms with Crippen LogP contribution >= 0.6 is 0 Å². The third kappa shape index (κ3) is 4.04. The van der Waals surface area contributed by atoms with Gasteiger partial charge in [-0.1, -0.05) is 13.0 Å². The number of aliphatic hydroxyl groups is 1. The van der Waals surface area contributed by atoms with Gasteiger partial charge in [-0.15, -0.1) is 0 Å². The molecule has 0 fully saturated rings. The van der Waals surface area contributed by atoms with E-state index >= 15 is 0 Å². The molecule has 9 nitrogen and oxygen atoms in total. The molecule has 0 saturated carbocycles. The van der Waals surface area contributed by atoms with E-state index in [9.17, 15) is 14.7 Å². The highest BCUT2D eigenvalue weighted by Crippen LogP contribution is 2.25. The van der Waals surface area contributed by atoms with E-state index < -0.39 is 24.0 Å². The van der Waals surface area contributed by atoms with Gasteiger partial charge in [0.25, 0.3) is 5.91 Å². The van der Waals surface area contributed by atoms with Gasteiger partial charge in [-0.2, -0.15) is 5.10 Å². The Labute approximate surface area is 167 Å². The minimum Gasteiger partial charge on any atom is -0.487 e. The quantitative estimate of drug-likeness (QED) is 0.517. The Balaban J connectivity index is 1.90. The maximum atomic E-state index is 12.9. The maximum Gasteiger partial charge on any atom is 0.271 e. The molecule has 9 heteroatoms. The molecule has 29 heavy (non-hydrogen) atoms. The van der Waals surface area contributed by atoms with Crippen molar-refractivity contribution < 1.29 is 19.4 Å². The summed E-state index contributed by atoms with van der Waals surface area (Å²) in [5, 5.41) is 17.1. The van der Waals surface area contributed by atoms with E-state index in [4.69, 9.17) is 10.5 Å². The molecule has 3 aromatic rings. The smallest absolute Gasteiger partial charge is 0.271 e. The van der Waals surface area contributed by atoms with Crippen LogP contribution in [0, 0.1) is 0 Å². The minimum absolute atomic E-state index is 0.152. The Morgan fingerprint density at radius 1 is 1.31 bits per heavy atom. The average Bonchev–Trinajstić information content (AvgIpc) is 3.06. The van der Waals surface area contributed by atoms with E-state index in [2.05, 4.69) is 15.4 Å². The van der Waals surface area contributed by atoms with Crippen molar-refractivity contribution in [2.24, 2.45) is 12.8 Å². The fourth-order valence-corrected chi connectivity index (χ4v) is 3.01.